The molecule has 3 aromatic heterocycles. The first-order valence-corrected chi connectivity index (χ1v) is 11.5. The number of rotatable bonds is 8. The van der Waals surface area contributed by atoms with Crippen molar-refractivity contribution >= 4 is 24.0 Å². The fourth-order valence-electron chi connectivity index (χ4n) is 3.38. The van der Waals surface area contributed by atoms with Crippen LogP contribution in [0.5, 0.6) is 5.75 Å². The van der Waals surface area contributed by atoms with E-state index in [1.165, 1.54) is 16.8 Å². The van der Waals surface area contributed by atoms with Crippen molar-refractivity contribution in [2.45, 2.75) is 46.8 Å². The van der Waals surface area contributed by atoms with E-state index in [-0.39, 0.29) is 28.8 Å². The number of ether oxygens (including phenoxy) is 1. The molecule has 3 aromatic rings. The van der Waals surface area contributed by atoms with Gasteiger partial charge in [-0.2, -0.15) is 0 Å². The molecular weight excluding hydrogens is 504 g/mol. The molecule has 0 spiro atoms. The number of pyridine rings is 3. The molecule has 0 amide bonds. The molecule has 1 N–H and O–H groups in total. The van der Waals surface area contributed by atoms with Gasteiger partial charge in [-0.05, 0) is 53.0 Å². The average molecular weight is 530 g/mol. The van der Waals surface area contributed by atoms with Crippen LogP contribution in [0.3, 0.4) is 0 Å². The van der Waals surface area contributed by atoms with Crippen LogP contribution in [0.15, 0.2) is 57.3 Å². The number of halogens is 3. The molecule has 0 saturated carbocycles. The van der Waals surface area contributed by atoms with E-state index in [0.29, 0.717) is 34.4 Å². The SMILES string of the molecule is C=N/C=C(\N=C(/C)c1cc(-n2c(C)cc(OCc3ncc(F)cc3F)c(Cl)c2=O)c(C)cn1)C(C)(C)O. The first kappa shape index (κ1) is 27.8. The Labute approximate surface area is 217 Å². The van der Waals surface area contributed by atoms with Gasteiger partial charge in [0.25, 0.3) is 5.56 Å². The third-order valence-corrected chi connectivity index (χ3v) is 5.71. The minimum Gasteiger partial charge on any atom is -0.485 e. The fourth-order valence-corrected chi connectivity index (χ4v) is 3.57. The van der Waals surface area contributed by atoms with Crippen LogP contribution in [0.25, 0.3) is 5.69 Å². The van der Waals surface area contributed by atoms with Gasteiger partial charge < -0.3 is 9.84 Å². The highest BCUT2D eigenvalue weighted by atomic mass is 35.5. The lowest BCUT2D eigenvalue weighted by Gasteiger charge is -2.19. The Bertz CT molecular complexity index is 1480. The predicted molar refractivity (Wildman–Crippen MR) is 139 cm³/mol. The number of hydrogen-bond donors (Lipinski definition) is 1. The van der Waals surface area contributed by atoms with Gasteiger partial charge in [-0.15, -0.1) is 0 Å². The second kappa shape index (κ2) is 11.1. The lowest BCUT2D eigenvalue weighted by atomic mass is 10.1. The van der Waals surface area contributed by atoms with Crippen molar-refractivity contribution in [3.05, 3.63) is 92.1 Å². The van der Waals surface area contributed by atoms with Gasteiger partial charge in [-0.25, -0.2) is 8.78 Å². The lowest BCUT2D eigenvalue weighted by Crippen LogP contribution is -2.23. The molecule has 0 atom stereocenters. The summed E-state index contributed by atoms with van der Waals surface area (Å²) < 4.78 is 34.0. The van der Waals surface area contributed by atoms with Gasteiger partial charge in [0.05, 0.1) is 35.2 Å². The van der Waals surface area contributed by atoms with Crippen molar-refractivity contribution in [3.8, 4) is 11.4 Å². The maximum absolute atomic E-state index is 13.9. The number of hydrogen-bond acceptors (Lipinski definition) is 7. The smallest absolute Gasteiger partial charge is 0.277 e. The summed E-state index contributed by atoms with van der Waals surface area (Å²) in [7, 11) is 0. The third kappa shape index (κ3) is 6.33. The number of aromatic nitrogens is 3. The van der Waals surface area contributed by atoms with Crippen LogP contribution >= 0.6 is 11.6 Å². The lowest BCUT2D eigenvalue weighted by molar-refractivity contribution is 0.118. The highest BCUT2D eigenvalue weighted by molar-refractivity contribution is 6.31. The van der Waals surface area contributed by atoms with Gasteiger partial charge in [0, 0.05) is 24.0 Å². The largest absolute Gasteiger partial charge is 0.485 e. The fraction of sp³-hybridized carbons (Fsp3) is 0.269. The Morgan fingerprint density at radius 1 is 1.24 bits per heavy atom. The van der Waals surface area contributed by atoms with E-state index in [1.54, 1.807) is 46.9 Å². The monoisotopic (exact) mass is 529 g/mol. The maximum atomic E-state index is 13.9. The Kier molecular flexibility index (Phi) is 8.35. The van der Waals surface area contributed by atoms with E-state index in [9.17, 15) is 18.7 Å². The van der Waals surface area contributed by atoms with Crippen molar-refractivity contribution in [3.63, 3.8) is 0 Å². The van der Waals surface area contributed by atoms with E-state index in [1.807, 2.05) is 0 Å². The van der Waals surface area contributed by atoms with Crippen molar-refractivity contribution in [1.82, 2.24) is 14.5 Å². The first-order valence-electron chi connectivity index (χ1n) is 11.1. The molecule has 0 unspecified atom stereocenters. The average Bonchev–Trinajstić information content (AvgIpc) is 2.81. The molecule has 194 valence electrons. The molecule has 0 aliphatic rings. The second-order valence-corrected chi connectivity index (χ2v) is 9.16. The van der Waals surface area contributed by atoms with Crippen LogP contribution in [-0.2, 0) is 6.61 Å². The van der Waals surface area contributed by atoms with Crippen molar-refractivity contribution in [1.29, 1.82) is 0 Å². The Balaban J connectivity index is 2.01. The zero-order valence-electron chi connectivity index (χ0n) is 21.0. The van der Waals surface area contributed by atoms with E-state index in [4.69, 9.17) is 16.3 Å². The molecule has 0 aliphatic carbocycles. The molecule has 37 heavy (non-hydrogen) atoms. The van der Waals surface area contributed by atoms with Crippen LogP contribution in [0, 0.1) is 25.5 Å². The summed E-state index contributed by atoms with van der Waals surface area (Å²) in [5, 5.41) is 10.1. The van der Waals surface area contributed by atoms with Crippen LogP contribution in [0.2, 0.25) is 5.02 Å². The van der Waals surface area contributed by atoms with Crippen molar-refractivity contribution in [2.75, 3.05) is 0 Å². The van der Waals surface area contributed by atoms with Gasteiger partial charge in [0.15, 0.2) is 5.82 Å². The number of aliphatic hydroxyl groups is 1. The summed E-state index contributed by atoms with van der Waals surface area (Å²) in [5.74, 6) is -1.65. The predicted octanol–water partition coefficient (Wildman–Crippen LogP) is 4.88. The standard InChI is InChI=1S/C26H26ClF2N5O3/c1-14-10-31-19(16(3)33-23(12-30-6)26(4,5)36)9-21(14)34-15(2)7-22(24(27)25(34)35)37-13-20-18(29)8-17(28)11-32-20/h7-12,36H,6,13H2,1-5H3/b23-12-,33-16+. The van der Waals surface area contributed by atoms with E-state index in [0.717, 1.165) is 6.20 Å². The van der Waals surface area contributed by atoms with Crippen molar-refractivity contribution in [2.24, 2.45) is 9.98 Å². The van der Waals surface area contributed by atoms with Crippen LogP contribution in [0.1, 0.15) is 43.4 Å². The summed E-state index contributed by atoms with van der Waals surface area (Å²) >= 11 is 6.34. The highest BCUT2D eigenvalue weighted by Crippen LogP contribution is 2.26. The molecule has 3 rings (SSSR count). The quantitative estimate of drug-likeness (QED) is 0.419. The van der Waals surface area contributed by atoms with Gasteiger partial charge in [-0.1, -0.05) is 11.6 Å². The Morgan fingerprint density at radius 3 is 2.57 bits per heavy atom. The molecule has 0 radical (unpaired) electrons. The molecule has 0 bridgehead atoms. The Morgan fingerprint density at radius 2 is 1.95 bits per heavy atom. The van der Waals surface area contributed by atoms with Crippen LogP contribution < -0.4 is 10.3 Å². The van der Waals surface area contributed by atoms with Gasteiger partial charge in [-0.3, -0.25) is 29.3 Å². The molecule has 0 aliphatic heterocycles. The minimum absolute atomic E-state index is 0.0347. The van der Waals surface area contributed by atoms with Crippen LogP contribution in [0.4, 0.5) is 8.78 Å². The summed E-state index contributed by atoms with van der Waals surface area (Å²) in [6.45, 7) is 11.4. The van der Waals surface area contributed by atoms with E-state index in [2.05, 4.69) is 26.7 Å². The molecule has 11 heteroatoms. The summed E-state index contributed by atoms with van der Waals surface area (Å²) in [4.78, 5) is 29.5. The first-order chi connectivity index (χ1) is 17.3. The van der Waals surface area contributed by atoms with Gasteiger partial charge in [0.2, 0.25) is 0 Å². The van der Waals surface area contributed by atoms with Crippen LogP contribution in [-0.4, -0.2) is 37.7 Å². The summed E-state index contributed by atoms with van der Waals surface area (Å²) in [6, 6.07) is 3.91. The van der Waals surface area contributed by atoms with Gasteiger partial charge >= 0.3 is 0 Å². The van der Waals surface area contributed by atoms with E-state index >= 15 is 0 Å². The van der Waals surface area contributed by atoms with E-state index < -0.39 is 22.8 Å². The third-order valence-electron chi connectivity index (χ3n) is 5.36. The van der Waals surface area contributed by atoms with Crippen molar-refractivity contribution < 1.29 is 18.6 Å². The Hall–Kier alpha value is -3.76. The van der Waals surface area contributed by atoms with Gasteiger partial charge in [0.1, 0.15) is 34.5 Å². The topological polar surface area (TPSA) is 102 Å². The minimum atomic E-state index is -1.26. The number of nitrogens with zero attached hydrogens (tertiary/aromatic N) is 5. The molecule has 8 nitrogen and oxygen atoms in total. The molecule has 0 aromatic carbocycles. The zero-order valence-corrected chi connectivity index (χ0v) is 21.8. The number of aliphatic imine (C=N–C) groups is 2. The second-order valence-electron chi connectivity index (χ2n) is 8.78. The summed E-state index contributed by atoms with van der Waals surface area (Å²) in [6.07, 6.45) is 3.82. The molecule has 3 heterocycles. The number of aryl methyl sites for hydroxylation is 2. The molecule has 0 fully saturated rings. The summed E-state index contributed by atoms with van der Waals surface area (Å²) in [5.41, 5.74) is 0.950. The molecule has 0 saturated heterocycles. The molecular formula is C26H26ClF2N5O3. The highest BCUT2D eigenvalue weighted by Gasteiger charge is 2.21. The maximum Gasteiger partial charge on any atom is 0.277 e. The zero-order chi connectivity index (χ0) is 27.5. The normalized spacial score (nSPS) is 12.6.